The van der Waals surface area contributed by atoms with Crippen LogP contribution in [0.4, 0.5) is 13.2 Å². The largest absolute Gasteiger partial charge is 0.416 e. The number of amides is 1. The van der Waals surface area contributed by atoms with Crippen LogP contribution in [0.3, 0.4) is 0 Å². The molecule has 2 fully saturated rings. The third-order valence-corrected chi connectivity index (χ3v) is 5.66. The summed E-state index contributed by atoms with van der Waals surface area (Å²) in [4.78, 5) is 14.4. The number of carbonyl (C=O) groups excluding carboxylic acids is 1. The molecule has 1 heterocycles. The molecule has 1 saturated carbocycles. The van der Waals surface area contributed by atoms with Gasteiger partial charge in [-0.15, -0.1) is 11.8 Å². The third-order valence-electron chi connectivity index (χ3n) is 4.40. The van der Waals surface area contributed by atoms with Crippen molar-refractivity contribution >= 4 is 17.7 Å². The maximum absolute atomic E-state index is 12.6. The van der Waals surface area contributed by atoms with Gasteiger partial charge in [-0.25, -0.2) is 0 Å². The summed E-state index contributed by atoms with van der Waals surface area (Å²) in [6, 6.07) is 5.21. The van der Waals surface area contributed by atoms with Crippen LogP contribution in [0.15, 0.2) is 24.3 Å². The summed E-state index contributed by atoms with van der Waals surface area (Å²) in [6.07, 6.45) is -0.231. The van der Waals surface area contributed by atoms with Gasteiger partial charge in [-0.2, -0.15) is 13.2 Å². The standard InChI is InChI=1S/C16H18F3NOS/c17-16(18,19)13-7-5-12(6-8-13)15-20(9-10-22-15)14(21)11-3-1-2-4-11/h5-8,11,15H,1-4,9-10H2/t15-/m1/s1. The highest BCUT2D eigenvalue weighted by atomic mass is 32.2. The molecule has 1 aliphatic carbocycles. The zero-order valence-electron chi connectivity index (χ0n) is 12.1. The van der Waals surface area contributed by atoms with Crippen LogP contribution in [0, 0.1) is 5.92 Å². The summed E-state index contributed by atoms with van der Waals surface area (Å²) in [6.45, 7) is 0.686. The second-order valence-corrected chi connectivity index (χ2v) is 7.04. The molecule has 0 bridgehead atoms. The van der Waals surface area contributed by atoms with E-state index in [1.54, 1.807) is 11.8 Å². The number of thioether (sulfide) groups is 1. The molecule has 0 spiro atoms. The molecule has 0 unspecified atom stereocenters. The maximum Gasteiger partial charge on any atom is 0.416 e. The average molecular weight is 329 g/mol. The Balaban J connectivity index is 1.76. The van der Waals surface area contributed by atoms with Gasteiger partial charge >= 0.3 is 6.18 Å². The van der Waals surface area contributed by atoms with Crippen molar-refractivity contribution in [3.63, 3.8) is 0 Å². The third kappa shape index (κ3) is 3.12. The van der Waals surface area contributed by atoms with Crippen LogP contribution >= 0.6 is 11.8 Å². The van der Waals surface area contributed by atoms with Crippen molar-refractivity contribution in [1.29, 1.82) is 0 Å². The average Bonchev–Trinajstić information content (AvgIpc) is 3.17. The first-order valence-corrected chi connectivity index (χ1v) is 8.61. The fraction of sp³-hybridized carbons (Fsp3) is 0.562. The summed E-state index contributed by atoms with van der Waals surface area (Å²) in [7, 11) is 0. The lowest BCUT2D eigenvalue weighted by molar-refractivity contribution is -0.138. The zero-order chi connectivity index (χ0) is 15.7. The fourth-order valence-electron chi connectivity index (χ4n) is 3.22. The predicted molar refractivity (Wildman–Crippen MR) is 80.3 cm³/mol. The van der Waals surface area contributed by atoms with Crippen molar-refractivity contribution in [3.05, 3.63) is 35.4 Å². The van der Waals surface area contributed by atoms with E-state index in [1.165, 1.54) is 12.1 Å². The van der Waals surface area contributed by atoms with Crippen molar-refractivity contribution in [2.24, 2.45) is 5.92 Å². The molecule has 1 aliphatic heterocycles. The van der Waals surface area contributed by atoms with Crippen LogP contribution in [-0.4, -0.2) is 23.1 Å². The number of carbonyl (C=O) groups is 1. The molecule has 1 aromatic rings. The topological polar surface area (TPSA) is 20.3 Å². The molecule has 120 valence electrons. The van der Waals surface area contributed by atoms with Crippen LogP contribution in [0.25, 0.3) is 0 Å². The first-order chi connectivity index (χ1) is 10.5. The van der Waals surface area contributed by atoms with Gasteiger partial charge < -0.3 is 4.90 Å². The first kappa shape index (κ1) is 15.7. The van der Waals surface area contributed by atoms with Gasteiger partial charge in [0.25, 0.3) is 0 Å². The molecule has 2 nitrogen and oxygen atoms in total. The Labute approximate surface area is 132 Å². The van der Waals surface area contributed by atoms with Crippen LogP contribution in [0.1, 0.15) is 42.2 Å². The van der Waals surface area contributed by atoms with Gasteiger partial charge in [-0.05, 0) is 30.5 Å². The summed E-state index contributed by atoms with van der Waals surface area (Å²) < 4.78 is 37.9. The fourth-order valence-corrected chi connectivity index (χ4v) is 4.48. The number of hydrogen-bond donors (Lipinski definition) is 0. The monoisotopic (exact) mass is 329 g/mol. The number of nitrogens with zero attached hydrogens (tertiary/aromatic N) is 1. The molecule has 1 saturated heterocycles. The highest BCUT2D eigenvalue weighted by Gasteiger charge is 2.36. The van der Waals surface area contributed by atoms with Crippen LogP contribution in [-0.2, 0) is 11.0 Å². The van der Waals surface area contributed by atoms with Gasteiger partial charge in [0.15, 0.2) is 0 Å². The molecular weight excluding hydrogens is 311 g/mol. The molecule has 0 radical (unpaired) electrons. The number of benzene rings is 1. The summed E-state index contributed by atoms with van der Waals surface area (Å²) in [5, 5.41) is -0.143. The van der Waals surface area contributed by atoms with Gasteiger partial charge in [0, 0.05) is 18.2 Å². The van der Waals surface area contributed by atoms with Crippen LogP contribution in [0.5, 0.6) is 0 Å². The molecule has 1 aromatic carbocycles. The van der Waals surface area contributed by atoms with E-state index in [2.05, 4.69) is 0 Å². The van der Waals surface area contributed by atoms with Gasteiger partial charge in [0.2, 0.25) is 5.91 Å². The van der Waals surface area contributed by atoms with E-state index < -0.39 is 11.7 Å². The molecule has 0 aromatic heterocycles. The number of alkyl halides is 3. The number of hydrogen-bond acceptors (Lipinski definition) is 2. The second kappa shape index (κ2) is 6.14. The molecular formula is C16H18F3NOS. The Morgan fingerprint density at radius 3 is 2.36 bits per heavy atom. The number of rotatable bonds is 2. The molecule has 1 atom stereocenters. The molecule has 3 rings (SSSR count). The Morgan fingerprint density at radius 2 is 1.77 bits per heavy atom. The Hall–Kier alpha value is -1.17. The zero-order valence-corrected chi connectivity index (χ0v) is 12.9. The highest BCUT2D eigenvalue weighted by Crippen LogP contribution is 2.41. The van der Waals surface area contributed by atoms with Crippen molar-refractivity contribution in [2.75, 3.05) is 12.3 Å². The quantitative estimate of drug-likeness (QED) is 0.798. The Morgan fingerprint density at radius 1 is 1.14 bits per heavy atom. The Bertz CT molecular complexity index is 537. The lowest BCUT2D eigenvalue weighted by Crippen LogP contribution is -2.34. The van der Waals surface area contributed by atoms with Crippen molar-refractivity contribution in [3.8, 4) is 0 Å². The predicted octanol–water partition coefficient (Wildman–Crippen LogP) is 4.47. The minimum atomic E-state index is -4.32. The first-order valence-electron chi connectivity index (χ1n) is 7.56. The van der Waals surface area contributed by atoms with Gasteiger partial charge in [0.1, 0.15) is 5.37 Å². The van der Waals surface area contributed by atoms with E-state index in [4.69, 9.17) is 0 Å². The summed E-state index contributed by atoms with van der Waals surface area (Å²) in [5.74, 6) is 1.12. The van der Waals surface area contributed by atoms with E-state index in [0.717, 1.165) is 49.1 Å². The normalized spacial score (nSPS) is 23.2. The molecule has 2 aliphatic rings. The minimum absolute atomic E-state index is 0.107. The lowest BCUT2D eigenvalue weighted by atomic mass is 10.1. The SMILES string of the molecule is O=C(C1CCCC1)N1CCS[C@@H]1c1ccc(C(F)(F)F)cc1. The molecule has 6 heteroatoms. The van der Waals surface area contributed by atoms with E-state index in [0.29, 0.717) is 6.54 Å². The van der Waals surface area contributed by atoms with E-state index >= 15 is 0 Å². The summed E-state index contributed by atoms with van der Waals surface area (Å²) in [5.41, 5.74) is 0.134. The molecule has 1 amide bonds. The van der Waals surface area contributed by atoms with E-state index in [-0.39, 0.29) is 17.2 Å². The molecule has 0 N–H and O–H groups in total. The van der Waals surface area contributed by atoms with E-state index in [1.807, 2.05) is 4.90 Å². The van der Waals surface area contributed by atoms with Crippen molar-refractivity contribution in [1.82, 2.24) is 4.90 Å². The van der Waals surface area contributed by atoms with E-state index in [9.17, 15) is 18.0 Å². The van der Waals surface area contributed by atoms with Gasteiger partial charge in [0.05, 0.1) is 5.56 Å². The lowest BCUT2D eigenvalue weighted by Gasteiger charge is -2.27. The van der Waals surface area contributed by atoms with Crippen LogP contribution < -0.4 is 0 Å². The number of halogens is 3. The van der Waals surface area contributed by atoms with Gasteiger partial charge in [-0.1, -0.05) is 25.0 Å². The van der Waals surface area contributed by atoms with Crippen molar-refractivity contribution in [2.45, 2.75) is 37.2 Å². The second-order valence-electron chi connectivity index (χ2n) is 5.86. The minimum Gasteiger partial charge on any atom is -0.325 e. The van der Waals surface area contributed by atoms with Crippen LogP contribution in [0.2, 0.25) is 0 Å². The summed E-state index contributed by atoms with van der Waals surface area (Å²) >= 11 is 1.63. The Kier molecular flexibility index (Phi) is 4.39. The highest BCUT2D eigenvalue weighted by molar-refractivity contribution is 7.99. The van der Waals surface area contributed by atoms with Crippen molar-refractivity contribution < 1.29 is 18.0 Å². The maximum atomic E-state index is 12.6. The molecule has 22 heavy (non-hydrogen) atoms. The smallest absolute Gasteiger partial charge is 0.325 e. The van der Waals surface area contributed by atoms with Gasteiger partial charge in [-0.3, -0.25) is 4.79 Å².